The molecule has 0 amide bonds. The summed E-state index contributed by atoms with van der Waals surface area (Å²) in [5, 5.41) is 40.4. The van der Waals surface area contributed by atoms with Crippen molar-refractivity contribution in [3.8, 4) is 45.5 Å². The van der Waals surface area contributed by atoms with Gasteiger partial charge in [-0.2, -0.15) is 10.5 Å². The number of rotatable bonds is 10. The monoisotopic (exact) mass is 1130 g/mol. The SMILES string of the molecule is CC(C)c1ccc2cc3c(cc2c1)c1cc(-c2ccccc2C#N)cc2c4cc5cc(C(C)CCC(C)c6ccc7cc8c(cc7c6)c6cc(-c7cc(C#N)ccc7-c7ccccc7)cc7c9cc%10cc(C(C)C)ccc%10cc9n8c76)ccc5cc4n3c12. The number of nitrogens with zero attached hydrogens (tertiary/aromatic N) is 4. The van der Waals surface area contributed by atoms with Crippen molar-refractivity contribution in [3.05, 3.63) is 252 Å². The van der Waals surface area contributed by atoms with Crippen LogP contribution >= 0.6 is 0 Å². The van der Waals surface area contributed by atoms with E-state index in [1.807, 2.05) is 24.3 Å². The molecule has 4 aromatic heterocycles. The molecule has 0 aliphatic carbocycles. The second-order valence-electron chi connectivity index (χ2n) is 26.0. The van der Waals surface area contributed by atoms with Gasteiger partial charge in [0.05, 0.1) is 56.4 Å². The second kappa shape index (κ2) is 19.5. The van der Waals surface area contributed by atoms with Gasteiger partial charge in [0.25, 0.3) is 0 Å². The summed E-state index contributed by atoms with van der Waals surface area (Å²) < 4.78 is 5.02. The van der Waals surface area contributed by atoms with Crippen molar-refractivity contribution in [1.82, 2.24) is 8.80 Å². The molecular formula is C84H62N4. The zero-order chi connectivity index (χ0) is 59.4. The predicted molar refractivity (Wildman–Crippen MR) is 372 cm³/mol. The van der Waals surface area contributed by atoms with E-state index in [9.17, 15) is 10.5 Å². The Morgan fingerprint density at radius 2 is 0.705 bits per heavy atom. The van der Waals surface area contributed by atoms with E-state index in [0.717, 1.165) is 46.2 Å². The molecule has 0 bridgehead atoms. The maximum absolute atomic E-state index is 10.3. The van der Waals surface area contributed by atoms with E-state index in [0.29, 0.717) is 34.8 Å². The molecule has 0 saturated heterocycles. The van der Waals surface area contributed by atoms with Crippen LogP contribution in [0.15, 0.2) is 218 Å². The highest BCUT2D eigenvalue weighted by Gasteiger charge is 2.25. The number of nitriles is 2. The molecule has 0 fully saturated rings. The van der Waals surface area contributed by atoms with Gasteiger partial charge in [-0.3, -0.25) is 0 Å². The van der Waals surface area contributed by atoms with Crippen molar-refractivity contribution < 1.29 is 0 Å². The molecule has 4 heterocycles. The quantitative estimate of drug-likeness (QED) is 0.137. The number of benzene rings is 13. The highest BCUT2D eigenvalue weighted by Crippen LogP contribution is 2.48. The Labute approximate surface area is 511 Å². The molecule has 0 aliphatic rings. The van der Waals surface area contributed by atoms with Crippen LogP contribution in [0.1, 0.15) is 111 Å². The summed E-state index contributed by atoms with van der Waals surface area (Å²) in [6.07, 6.45) is 2.12. The summed E-state index contributed by atoms with van der Waals surface area (Å²) in [6.45, 7) is 13.9. The summed E-state index contributed by atoms with van der Waals surface area (Å²) >= 11 is 0. The Hall–Kier alpha value is -10.5. The van der Waals surface area contributed by atoms with Crippen molar-refractivity contribution in [1.29, 1.82) is 10.5 Å². The Balaban J connectivity index is 0.735. The van der Waals surface area contributed by atoms with Gasteiger partial charge in [0, 0.05) is 43.1 Å². The van der Waals surface area contributed by atoms with Crippen LogP contribution in [0.5, 0.6) is 0 Å². The van der Waals surface area contributed by atoms with Gasteiger partial charge in [0.2, 0.25) is 0 Å². The van der Waals surface area contributed by atoms with E-state index < -0.39 is 0 Å². The molecular weight excluding hydrogens is 1060 g/mol. The van der Waals surface area contributed by atoms with Crippen molar-refractivity contribution in [3.63, 3.8) is 0 Å². The average Bonchev–Trinajstić information content (AvgIpc) is 1.55. The van der Waals surface area contributed by atoms with Crippen molar-refractivity contribution >= 4 is 119 Å². The lowest BCUT2D eigenvalue weighted by atomic mass is 9.87. The van der Waals surface area contributed by atoms with Crippen molar-refractivity contribution in [2.75, 3.05) is 0 Å². The summed E-state index contributed by atoms with van der Waals surface area (Å²) in [4.78, 5) is 0. The summed E-state index contributed by atoms with van der Waals surface area (Å²) in [5.41, 5.74) is 20.5. The molecule has 4 heteroatoms. The van der Waals surface area contributed by atoms with Gasteiger partial charge in [0.15, 0.2) is 0 Å². The second-order valence-corrected chi connectivity index (χ2v) is 26.0. The van der Waals surface area contributed by atoms with Crippen molar-refractivity contribution in [2.24, 2.45) is 0 Å². The lowest BCUT2D eigenvalue weighted by Gasteiger charge is -2.18. The first kappa shape index (κ1) is 51.9. The number of fused-ring (bicyclic) bond motifs is 16. The van der Waals surface area contributed by atoms with E-state index in [1.54, 1.807) is 0 Å². The van der Waals surface area contributed by atoms with Crippen molar-refractivity contribution in [2.45, 2.75) is 78.1 Å². The first-order chi connectivity index (χ1) is 42.9. The van der Waals surface area contributed by atoms with Gasteiger partial charge in [-0.15, -0.1) is 0 Å². The van der Waals surface area contributed by atoms with Gasteiger partial charge in [-0.1, -0.05) is 169 Å². The highest BCUT2D eigenvalue weighted by atomic mass is 14.9. The lowest BCUT2D eigenvalue weighted by molar-refractivity contribution is 0.574. The maximum Gasteiger partial charge on any atom is 0.0998 e. The zero-order valence-electron chi connectivity index (χ0n) is 50.3. The van der Waals surface area contributed by atoms with Gasteiger partial charge in [-0.05, 0) is 226 Å². The fourth-order valence-electron chi connectivity index (χ4n) is 15.2. The fraction of sp³-hybridized carbons (Fsp3) is 0.143. The smallest absolute Gasteiger partial charge is 0.0998 e. The highest BCUT2D eigenvalue weighted by molar-refractivity contribution is 6.29. The summed E-state index contributed by atoms with van der Waals surface area (Å²) in [5.74, 6) is 1.58. The topological polar surface area (TPSA) is 56.4 Å². The standard InChI is InChI=1S/C84H62N4/c1-47(2)53-19-23-57-41-79-71(33-62(57)29-53)75-37-66(68-15-11-10-14-61(68)46-86)38-76-73-35-64-31-55(21-25-59(64)43-81(73)87(79)83(75)76)49(5)16-17-50(6)56-22-26-60-44-82-74(36-65(60)32-56)78-40-67(70-28-51(45-85)18-27-69(70)52-12-8-7-9-13-52)39-77-72-34-63-30-54(48(3)4)20-24-58(63)42-80(72)88(82)84(77)78/h7-15,18-44,47-50H,16-17H2,1-6H3. The Bertz CT molecular complexity index is 5880. The normalized spacial score (nSPS) is 13.1. The van der Waals surface area contributed by atoms with Crippen LogP contribution < -0.4 is 0 Å². The third-order valence-corrected chi connectivity index (χ3v) is 20.1. The molecule has 0 radical (unpaired) electrons. The van der Waals surface area contributed by atoms with Crippen LogP contribution in [0.4, 0.5) is 0 Å². The number of aromatic nitrogens is 2. The third-order valence-electron chi connectivity index (χ3n) is 20.1. The molecule has 0 aliphatic heterocycles. The summed E-state index contributed by atoms with van der Waals surface area (Å²) in [6, 6.07) is 86.6. The minimum atomic E-state index is 0.352. The molecule has 2 atom stereocenters. The molecule has 0 N–H and O–H groups in total. The van der Waals surface area contributed by atoms with Gasteiger partial charge in [-0.25, -0.2) is 0 Å². The molecule has 17 aromatic rings. The molecule has 418 valence electrons. The van der Waals surface area contributed by atoms with E-state index in [2.05, 4.69) is 257 Å². The molecule has 4 nitrogen and oxygen atoms in total. The molecule has 2 unspecified atom stereocenters. The Morgan fingerprint density at radius 1 is 0.307 bits per heavy atom. The summed E-state index contributed by atoms with van der Waals surface area (Å²) in [7, 11) is 0. The third kappa shape index (κ3) is 7.88. The zero-order valence-corrected chi connectivity index (χ0v) is 50.3. The van der Waals surface area contributed by atoms with Gasteiger partial charge in [0.1, 0.15) is 0 Å². The lowest BCUT2D eigenvalue weighted by Crippen LogP contribution is -1.99. The van der Waals surface area contributed by atoms with Crippen LogP contribution in [0.25, 0.3) is 153 Å². The predicted octanol–water partition coefficient (Wildman–Crippen LogP) is 23.3. The van der Waals surface area contributed by atoms with E-state index >= 15 is 0 Å². The first-order valence-electron chi connectivity index (χ1n) is 31.3. The van der Waals surface area contributed by atoms with E-state index in [1.165, 1.54) is 142 Å². The van der Waals surface area contributed by atoms with Crippen LogP contribution in [-0.2, 0) is 0 Å². The molecule has 0 spiro atoms. The molecule has 17 rings (SSSR count). The Morgan fingerprint density at radius 3 is 1.12 bits per heavy atom. The van der Waals surface area contributed by atoms with Crippen LogP contribution in [-0.4, -0.2) is 8.80 Å². The van der Waals surface area contributed by atoms with Gasteiger partial charge < -0.3 is 8.80 Å². The minimum Gasteiger partial charge on any atom is -0.308 e. The Kier molecular flexibility index (Phi) is 11.5. The van der Waals surface area contributed by atoms with Crippen LogP contribution in [0.2, 0.25) is 0 Å². The average molecular weight is 1130 g/mol. The largest absolute Gasteiger partial charge is 0.308 e. The number of hydrogen-bond acceptors (Lipinski definition) is 2. The molecule has 0 saturated carbocycles. The van der Waals surface area contributed by atoms with Crippen LogP contribution in [0.3, 0.4) is 0 Å². The van der Waals surface area contributed by atoms with Gasteiger partial charge >= 0.3 is 0 Å². The first-order valence-corrected chi connectivity index (χ1v) is 31.3. The van der Waals surface area contributed by atoms with Crippen LogP contribution in [0, 0.1) is 22.7 Å². The van der Waals surface area contributed by atoms with E-state index in [4.69, 9.17) is 0 Å². The molecule has 88 heavy (non-hydrogen) atoms. The molecule has 13 aromatic carbocycles. The maximum atomic E-state index is 10.3. The van der Waals surface area contributed by atoms with E-state index in [-0.39, 0.29) is 0 Å². The number of hydrogen-bond donors (Lipinski definition) is 0. The fourth-order valence-corrected chi connectivity index (χ4v) is 15.2. The minimum absolute atomic E-state index is 0.352.